The second-order valence-electron chi connectivity index (χ2n) is 2.68. The molecule has 0 unspecified atom stereocenters. The number of nitrogens with two attached hydrogens (primary N) is 2. The van der Waals surface area contributed by atoms with Crippen molar-refractivity contribution < 1.29 is 9.53 Å². The minimum atomic E-state index is -0.493. The predicted octanol–water partition coefficient (Wildman–Crippen LogP) is 0.488. The van der Waals surface area contributed by atoms with Gasteiger partial charge in [-0.1, -0.05) is 0 Å². The topological polar surface area (TPSA) is 90.4 Å². The number of carbonyl (C=O) groups is 1. The van der Waals surface area contributed by atoms with E-state index in [0.29, 0.717) is 23.7 Å². The number of methoxy groups -OCH3 is 1. The van der Waals surface area contributed by atoms with E-state index in [4.69, 9.17) is 16.2 Å². The summed E-state index contributed by atoms with van der Waals surface area (Å²) < 4.78 is 4.87. The molecule has 14 heavy (non-hydrogen) atoms. The quantitative estimate of drug-likeness (QED) is 0.623. The van der Waals surface area contributed by atoms with E-state index in [0.717, 1.165) is 5.00 Å². The standard InChI is InChI=1S/C8H13N3O2S/c1-13-3-2-11-6-4-5(9)7(14-6)8(10)12/h4,11H,2-3,9H2,1H3,(H2,10,12). The van der Waals surface area contributed by atoms with Crippen LogP contribution in [0, 0.1) is 0 Å². The summed E-state index contributed by atoms with van der Waals surface area (Å²) in [5.74, 6) is -0.493. The Morgan fingerprint density at radius 2 is 2.43 bits per heavy atom. The fourth-order valence-corrected chi connectivity index (χ4v) is 1.82. The number of thiophene rings is 1. The summed E-state index contributed by atoms with van der Waals surface area (Å²) in [6.45, 7) is 1.28. The molecule has 5 nitrogen and oxygen atoms in total. The first-order chi connectivity index (χ1) is 6.65. The van der Waals surface area contributed by atoms with Gasteiger partial charge in [-0.2, -0.15) is 0 Å². The average molecular weight is 215 g/mol. The summed E-state index contributed by atoms with van der Waals surface area (Å²) in [6.07, 6.45) is 0. The van der Waals surface area contributed by atoms with Crippen molar-refractivity contribution >= 4 is 27.9 Å². The van der Waals surface area contributed by atoms with E-state index in [1.165, 1.54) is 11.3 Å². The van der Waals surface area contributed by atoms with Crippen molar-refractivity contribution in [3.05, 3.63) is 10.9 Å². The maximum absolute atomic E-state index is 10.9. The summed E-state index contributed by atoms with van der Waals surface area (Å²) in [4.78, 5) is 11.3. The lowest BCUT2D eigenvalue weighted by Gasteiger charge is -2.00. The molecule has 0 aliphatic rings. The number of nitrogen functional groups attached to an aromatic ring is 1. The van der Waals surface area contributed by atoms with Gasteiger partial charge < -0.3 is 21.5 Å². The fraction of sp³-hybridized carbons (Fsp3) is 0.375. The zero-order valence-corrected chi connectivity index (χ0v) is 8.69. The molecule has 0 aromatic carbocycles. The molecule has 6 heteroatoms. The van der Waals surface area contributed by atoms with Gasteiger partial charge in [-0.3, -0.25) is 4.79 Å². The molecule has 0 fully saturated rings. The van der Waals surface area contributed by atoms with Crippen LogP contribution in [0.25, 0.3) is 0 Å². The van der Waals surface area contributed by atoms with Crippen LogP contribution < -0.4 is 16.8 Å². The Morgan fingerprint density at radius 1 is 1.71 bits per heavy atom. The van der Waals surface area contributed by atoms with Gasteiger partial charge in [0.05, 0.1) is 17.3 Å². The second kappa shape index (κ2) is 4.83. The van der Waals surface area contributed by atoms with E-state index in [1.54, 1.807) is 13.2 Å². The number of anilines is 2. The summed E-state index contributed by atoms with van der Waals surface area (Å²) in [7, 11) is 1.62. The van der Waals surface area contributed by atoms with Gasteiger partial charge in [0.2, 0.25) is 0 Å². The SMILES string of the molecule is COCCNc1cc(N)c(C(N)=O)s1. The third-order valence-corrected chi connectivity index (χ3v) is 2.71. The number of rotatable bonds is 5. The molecule has 1 rings (SSSR count). The number of hydrogen-bond donors (Lipinski definition) is 3. The summed E-state index contributed by atoms with van der Waals surface area (Å²) in [5, 5.41) is 3.89. The molecule has 0 saturated carbocycles. The average Bonchev–Trinajstić information content (AvgIpc) is 2.47. The lowest BCUT2D eigenvalue weighted by Crippen LogP contribution is -2.10. The number of nitrogens with one attached hydrogen (secondary N) is 1. The van der Waals surface area contributed by atoms with Crippen LogP contribution in [0.5, 0.6) is 0 Å². The molecule has 1 aromatic rings. The van der Waals surface area contributed by atoms with E-state index in [-0.39, 0.29) is 0 Å². The Morgan fingerprint density at radius 3 is 2.93 bits per heavy atom. The molecule has 0 radical (unpaired) electrons. The Balaban J connectivity index is 2.62. The lowest BCUT2D eigenvalue weighted by atomic mass is 10.4. The highest BCUT2D eigenvalue weighted by atomic mass is 32.1. The molecule has 1 aromatic heterocycles. The van der Waals surface area contributed by atoms with Crippen LogP contribution >= 0.6 is 11.3 Å². The molecule has 0 bridgehead atoms. The third kappa shape index (κ3) is 2.61. The Kier molecular flexibility index (Phi) is 3.73. The molecule has 0 aliphatic heterocycles. The van der Waals surface area contributed by atoms with Gasteiger partial charge >= 0.3 is 0 Å². The van der Waals surface area contributed by atoms with Crippen LogP contribution in [0.1, 0.15) is 9.67 Å². The first-order valence-electron chi connectivity index (χ1n) is 4.07. The molecule has 78 valence electrons. The van der Waals surface area contributed by atoms with Gasteiger partial charge in [-0.15, -0.1) is 11.3 Å². The molecule has 0 aliphatic carbocycles. The van der Waals surface area contributed by atoms with Gasteiger partial charge in [0.25, 0.3) is 5.91 Å². The van der Waals surface area contributed by atoms with Gasteiger partial charge in [-0.25, -0.2) is 0 Å². The molecular weight excluding hydrogens is 202 g/mol. The van der Waals surface area contributed by atoms with E-state index < -0.39 is 5.91 Å². The predicted molar refractivity (Wildman–Crippen MR) is 57.6 cm³/mol. The van der Waals surface area contributed by atoms with Crippen LogP contribution in [-0.2, 0) is 4.74 Å². The first-order valence-corrected chi connectivity index (χ1v) is 4.88. The highest BCUT2D eigenvalue weighted by Crippen LogP contribution is 2.28. The highest BCUT2D eigenvalue weighted by Gasteiger charge is 2.10. The largest absolute Gasteiger partial charge is 0.397 e. The van der Waals surface area contributed by atoms with E-state index in [1.807, 2.05) is 0 Å². The van der Waals surface area contributed by atoms with Gasteiger partial charge in [-0.05, 0) is 6.07 Å². The zero-order valence-electron chi connectivity index (χ0n) is 7.87. The van der Waals surface area contributed by atoms with Crippen molar-refractivity contribution in [2.45, 2.75) is 0 Å². The van der Waals surface area contributed by atoms with Gasteiger partial charge in [0.15, 0.2) is 0 Å². The number of primary amides is 1. The minimum Gasteiger partial charge on any atom is -0.397 e. The van der Waals surface area contributed by atoms with E-state index >= 15 is 0 Å². The molecule has 0 atom stereocenters. The first kappa shape index (κ1) is 10.8. The minimum absolute atomic E-state index is 0.393. The summed E-state index contributed by atoms with van der Waals surface area (Å²) in [5.41, 5.74) is 11.1. The van der Waals surface area contributed by atoms with Crippen molar-refractivity contribution in [3.8, 4) is 0 Å². The van der Waals surface area contributed by atoms with Crippen LogP contribution in [0.4, 0.5) is 10.7 Å². The van der Waals surface area contributed by atoms with Gasteiger partial charge in [0, 0.05) is 13.7 Å². The third-order valence-electron chi connectivity index (χ3n) is 1.59. The van der Waals surface area contributed by atoms with Crippen molar-refractivity contribution in [2.75, 3.05) is 31.3 Å². The zero-order chi connectivity index (χ0) is 10.6. The maximum Gasteiger partial charge on any atom is 0.260 e. The summed E-state index contributed by atoms with van der Waals surface area (Å²) >= 11 is 1.25. The Labute approximate surface area is 86.0 Å². The number of ether oxygens (including phenoxy) is 1. The fourth-order valence-electron chi connectivity index (χ4n) is 0.961. The Bertz CT molecular complexity index is 324. The number of amides is 1. The molecule has 5 N–H and O–H groups in total. The number of hydrogen-bond acceptors (Lipinski definition) is 5. The normalized spacial score (nSPS) is 10.1. The van der Waals surface area contributed by atoms with Crippen molar-refractivity contribution in [2.24, 2.45) is 5.73 Å². The molecule has 1 heterocycles. The highest BCUT2D eigenvalue weighted by molar-refractivity contribution is 7.18. The monoisotopic (exact) mass is 215 g/mol. The lowest BCUT2D eigenvalue weighted by molar-refractivity contribution is 0.100. The molecule has 0 spiro atoms. The van der Waals surface area contributed by atoms with E-state index in [9.17, 15) is 4.79 Å². The molecule has 1 amide bonds. The van der Waals surface area contributed by atoms with Crippen molar-refractivity contribution in [3.63, 3.8) is 0 Å². The Hall–Kier alpha value is -1.27. The second-order valence-corrected chi connectivity index (χ2v) is 3.73. The van der Waals surface area contributed by atoms with Crippen LogP contribution in [0.2, 0.25) is 0 Å². The van der Waals surface area contributed by atoms with Crippen LogP contribution in [0.15, 0.2) is 6.07 Å². The van der Waals surface area contributed by atoms with Gasteiger partial charge in [0.1, 0.15) is 4.88 Å². The van der Waals surface area contributed by atoms with E-state index in [2.05, 4.69) is 5.32 Å². The molecule has 0 saturated heterocycles. The molecular formula is C8H13N3O2S. The van der Waals surface area contributed by atoms with Crippen molar-refractivity contribution in [1.82, 2.24) is 0 Å². The van der Waals surface area contributed by atoms with Crippen LogP contribution in [-0.4, -0.2) is 26.2 Å². The maximum atomic E-state index is 10.9. The number of carbonyl (C=O) groups excluding carboxylic acids is 1. The smallest absolute Gasteiger partial charge is 0.260 e. The summed E-state index contributed by atoms with van der Waals surface area (Å²) in [6, 6.07) is 1.69. The van der Waals surface area contributed by atoms with Crippen LogP contribution in [0.3, 0.4) is 0 Å². The van der Waals surface area contributed by atoms with Crippen molar-refractivity contribution in [1.29, 1.82) is 0 Å².